The predicted molar refractivity (Wildman–Crippen MR) is 66.3 cm³/mol. The summed E-state index contributed by atoms with van der Waals surface area (Å²) in [6, 6.07) is 0. The minimum Gasteiger partial charge on any atom is -0.262 e. The van der Waals surface area contributed by atoms with E-state index in [1.54, 1.807) is 6.21 Å². The SMILES string of the molecule is C#C.C=C(C)/C=C\C(=C)C(=C)N=CC. The van der Waals surface area contributed by atoms with Gasteiger partial charge in [0.25, 0.3) is 0 Å². The van der Waals surface area contributed by atoms with Crippen LogP contribution in [0.3, 0.4) is 0 Å². The van der Waals surface area contributed by atoms with Crippen molar-refractivity contribution < 1.29 is 0 Å². The van der Waals surface area contributed by atoms with Crippen LogP contribution in [0, 0.1) is 12.8 Å². The number of rotatable bonds is 4. The maximum absolute atomic E-state index is 4.00. The van der Waals surface area contributed by atoms with Crippen molar-refractivity contribution in [3.8, 4) is 12.8 Å². The third kappa shape index (κ3) is 8.29. The molecular formula is C13H17N. The molecule has 0 N–H and O–H groups in total. The first-order valence-electron chi connectivity index (χ1n) is 4.11. The van der Waals surface area contributed by atoms with E-state index in [0.29, 0.717) is 5.70 Å². The van der Waals surface area contributed by atoms with Crippen LogP contribution in [0.25, 0.3) is 0 Å². The minimum atomic E-state index is 0.690. The highest BCUT2D eigenvalue weighted by atomic mass is 14.7. The molecule has 0 aliphatic carbocycles. The molecule has 0 saturated carbocycles. The molecule has 0 amide bonds. The number of hydrogen-bond acceptors (Lipinski definition) is 1. The summed E-state index contributed by atoms with van der Waals surface area (Å²) in [5.41, 5.74) is 2.50. The van der Waals surface area contributed by atoms with Crippen molar-refractivity contribution >= 4 is 6.21 Å². The highest BCUT2D eigenvalue weighted by Gasteiger charge is 1.90. The van der Waals surface area contributed by atoms with E-state index < -0.39 is 0 Å². The maximum Gasteiger partial charge on any atom is 0.0620 e. The Morgan fingerprint density at radius 3 is 2.00 bits per heavy atom. The summed E-state index contributed by atoms with van der Waals surface area (Å²) in [5, 5.41) is 0. The zero-order valence-electron chi connectivity index (χ0n) is 8.96. The Morgan fingerprint density at radius 2 is 1.64 bits per heavy atom. The van der Waals surface area contributed by atoms with Crippen LogP contribution in [-0.2, 0) is 0 Å². The Morgan fingerprint density at radius 1 is 1.14 bits per heavy atom. The van der Waals surface area contributed by atoms with Gasteiger partial charge < -0.3 is 0 Å². The first kappa shape index (κ1) is 14.7. The second kappa shape index (κ2) is 9.28. The summed E-state index contributed by atoms with van der Waals surface area (Å²) in [5.74, 6) is 0. The van der Waals surface area contributed by atoms with E-state index in [9.17, 15) is 0 Å². The number of hydrogen-bond donors (Lipinski definition) is 0. The molecule has 0 radical (unpaired) electrons. The third-order valence-electron chi connectivity index (χ3n) is 1.22. The van der Waals surface area contributed by atoms with E-state index in [1.165, 1.54) is 0 Å². The van der Waals surface area contributed by atoms with E-state index in [-0.39, 0.29) is 0 Å². The topological polar surface area (TPSA) is 12.4 Å². The summed E-state index contributed by atoms with van der Waals surface area (Å²) < 4.78 is 0. The first-order chi connectivity index (χ1) is 6.57. The summed E-state index contributed by atoms with van der Waals surface area (Å²) in [6.07, 6.45) is 13.4. The van der Waals surface area contributed by atoms with E-state index in [4.69, 9.17) is 0 Å². The van der Waals surface area contributed by atoms with Crippen molar-refractivity contribution in [2.45, 2.75) is 13.8 Å². The Kier molecular flexibility index (Phi) is 9.74. The Labute approximate surface area is 87.3 Å². The number of terminal acetylenes is 1. The molecule has 0 spiro atoms. The lowest BCUT2D eigenvalue weighted by Gasteiger charge is -1.96. The molecule has 0 aromatic heterocycles. The van der Waals surface area contributed by atoms with Gasteiger partial charge in [0, 0.05) is 6.21 Å². The molecule has 0 aliphatic heterocycles. The van der Waals surface area contributed by atoms with Crippen LogP contribution < -0.4 is 0 Å². The Hall–Kier alpha value is -1.81. The highest BCUT2D eigenvalue weighted by molar-refractivity contribution is 5.57. The number of aliphatic imine (C=N–C) groups is 1. The molecule has 1 heteroatoms. The van der Waals surface area contributed by atoms with Gasteiger partial charge in [-0.15, -0.1) is 12.8 Å². The quantitative estimate of drug-likeness (QED) is 0.363. The van der Waals surface area contributed by atoms with Crippen LogP contribution in [0.1, 0.15) is 13.8 Å². The monoisotopic (exact) mass is 187 g/mol. The van der Waals surface area contributed by atoms with Gasteiger partial charge in [0.05, 0.1) is 5.70 Å². The van der Waals surface area contributed by atoms with E-state index >= 15 is 0 Å². The average molecular weight is 187 g/mol. The molecule has 0 aromatic carbocycles. The lowest BCUT2D eigenvalue weighted by molar-refractivity contribution is 1.38. The molecule has 74 valence electrons. The van der Waals surface area contributed by atoms with Crippen molar-refractivity contribution in [2.75, 3.05) is 0 Å². The molecule has 0 fully saturated rings. The Bertz CT molecular complexity index is 288. The van der Waals surface area contributed by atoms with E-state index in [0.717, 1.165) is 11.1 Å². The minimum absolute atomic E-state index is 0.690. The van der Waals surface area contributed by atoms with Crippen LogP contribution in [0.15, 0.2) is 53.7 Å². The summed E-state index contributed by atoms with van der Waals surface area (Å²) in [6.45, 7) is 15.1. The van der Waals surface area contributed by atoms with Crippen molar-refractivity contribution in [1.29, 1.82) is 0 Å². The van der Waals surface area contributed by atoms with Gasteiger partial charge in [-0.2, -0.15) is 0 Å². The van der Waals surface area contributed by atoms with Gasteiger partial charge in [0.15, 0.2) is 0 Å². The number of nitrogens with zero attached hydrogens (tertiary/aromatic N) is 1. The lowest BCUT2D eigenvalue weighted by Crippen LogP contribution is -1.78. The molecule has 0 saturated heterocycles. The maximum atomic E-state index is 4.00. The molecule has 0 rings (SSSR count). The summed E-state index contributed by atoms with van der Waals surface area (Å²) >= 11 is 0. The fourth-order valence-electron chi connectivity index (χ4n) is 0.578. The largest absolute Gasteiger partial charge is 0.262 e. The predicted octanol–water partition coefficient (Wildman–Crippen LogP) is 3.53. The van der Waals surface area contributed by atoms with E-state index in [2.05, 4.69) is 37.6 Å². The van der Waals surface area contributed by atoms with Crippen LogP contribution in [0.4, 0.5) is 0 Å². The molecule has 0 aromatic rings. The van der Waals surface area contributed by atoms with Crippen LogP contribution >= 0.6 is 0 Å². The van der Waals surface area contributed by atoms with Crippen molar-refractivity contribution in [3.05, 3.63) is 48.7 Å². The second-order valence-corrected chi connectivity index (χ2v) is 2.54. The smallest absolute Gasteiger partial charge is 0.0620 e. The van der Waals surface area contributed by atoms with Crippen molar-refractivity contribution in [1.82, 2.24) is 0 Å². The third-order valence-corrected chi connectivity index (χ3v) is 1.22. The van der Waals surface area contributed by atoms with Crippen LogP contribution in [0.2, 0.25) is 0 Å². The highest BCUT2D eigenvalue weighted by Crippen LogP contribution is 2.08. The summed E-state index contributed by atoms with van der Waals surface area (Å²) in [4.78, 5) is 4.00. The van der Waals surface area contributed by atoms with Crippen molar-refractivity contribution in [2.24, 2.45) is 4.99 Å². The molecule has 1 nitrogen and oxygen atoms in total. The lowest BCUT2D eigenvalue weighted by atomic mass is 10.2. The van der Waals surface area contributed by atoms with E-state index in [1.807, 2.05) is 26.0 Å². The van der Waals surface area contributed by atoms with Gasteiger partial charge in [0.2, 0.25) is 0 Å². The fraction of sp³-hybridized carbons (Fsp3) is 0.154. The zero-order chi connectivity index (χ0) is 11.6. The average Bonchev–Trinajstić information content (AvgIpc) is 2.17. The first-order valence-corrected chi connectivity index (χ1v) is 4.11. The second-order valence-electron chi connectivity index (χ2n) is 2.54. The van der Waals surface area contributed by atoms with Crippen LogP contribution in [-0.4, -0.2) is 6.21 Å². The normalized spacial score (nSPS) is 9.43. The molecule has 0 aliphatic rings. The molecule has 0 unspecified atom stereocenters. The fourth-order valence-corrected chi connectivity index (χ4v) is 0.578. The molecular weight excluding hydrogens is 170 g/mol. The van der Waals surface area contributed by atoms with Crippen molar-refractivity contribution in [3.63, 3.8) is 0 Å². The van der Waals surface area contributed by atoms with Crippen LogP contribution in [0.5, 0.6) is 0 Å². The molecule has 14 heavy (non-hydrogen) atoms. The van der Waals surface area contributed by atoms with Gasteiger partial charge in [0.1, 0.15) is 0 Å². The van der Waals surface area contributed by atoms with Gasteiger partial charge in [-0.25, -0.2) is 0 Å². The van der Waals surface area contributed by atoms with Gasteiger partial charge in [-0.1, -0.05) is 37.5 Å². The van der Waals surface area contributed by atoms with Gasteiger partial charge in [-0.3, -0.25) is 4.99 Å². The molecule has 0 bridgehead atoms. The van der Waals surface area contributed by atoms with Gasteiger partial charge in [-0.05, 0) is 19.4 Å². The number of allylic oxidation sites excluding steroid dienone is 3. The molecule has 0 heterocycles. The molecule has 0 atom stereocenters. The standard InChI is InChI=1S/C11H15N.C2H2/c1-6-12-11(5)10(4)8-7-9(2)3;1-2/h6-8H,2,4-5H2,1,3H3;1-2H/b8-7-,12-6?;. The summed E-state index contributed by atoms with van der Waals surface area (Å²) in [7, 11) is 0. The van der Waals surface area contributed by atoms with Gasteiger partial charge >= 0.3 is 0 Å². The Balaban J connectivity index is 0. The zero-order valence-corrected chi connectivity index (χ0v) is 8.96.